The average molecular weight is 274 g/mol. The molecular weight excluding hydrogens is 248 g/mol. The number of nitrogens with one attached hydrogen (secondary N) is 1. The monoisotopic (exact) mass is 274 g/mol. The Labute approximate surface area is 121 Å². The molecule has 4 rings (SSSR count). The Balaban J connectivity index is 1.37. The molecule has 1 N–H and O–H groups in total. The Morgan fingerprint density at radius 3 is 2.65 bits per heavy atom. The highest BCUT2D eigenvalue weighted by atomic mass is 16.3. The van der Waals surface area contributed by atoms with Gasteiger partial charge >= 0.3 is 0 Å². The van der Waals surface area contributed by atoms with Crippen molar-refractivity contribution < 1.29 is 4.42 Å². The van der Waals surface area contributed by atoms with Crippen LogP contribution >= 0.6 is 0 Å². The highest BCUT2D eigenvalue weighted by Gasteiger charge is 2.34. The normalized spacial score (nSPS) is 22.7. The van der Waals surface area contributed by atoms with Crippen LogP contribution in [0.2, 0.25) is 0 Å². The van der Waals surface area contributed by atoms with Gasteiger partial charge in [-0.1, -0.05) is 0 Å². The van der Waals surface area contributed by atoms with Crippen molar-refractivity contribution in [2.24, 2.45) is 5.92 Å². The van der Waals surface area contributed by atoms with Crippen LogP contribution in [0.25, 0.3) is 0 Å². The van der Waals surface area contributed by atoms with E-state index < -0.39 is 0 Å². The van der Waals surface area contributed by atoms with Gasteiger partial charge in [0.05, 0.1) is 13.1 Å². The SMILES string of the molecule is Cc1cc(CN(CC2CC2)C2CC2)oc1CNC1CC1. The molecule has 0 amide bonds. The molecule has 0 radical (unpaired) electrons. The fraction of sp³-hybridized carbons (Fsp3) is 0.765. The molecule has 3 aliphatic carbocycles. The summed E-state index contributed by atoms with van der Waals surface area (Å²) in [5.74, 6) is 3.29. The van der Waals surface area contributed by atoms with Gasteiger partial charge in [-0.15, -0.1) is 0 Å². The van der Waals surface area contributed by atoms with E-state index in [1.54, 1.807) is 0 Å². The van der Waals surface area contributed by atoms with E-state index in [-0.39, 0.29) is 0 Å². The van der Waals surface area contributed by atoms with Crippen LogP contribution < -0.4 is 5.32 Å². The van der Waals surface area contributed by atoms with E-state index in [0.29, 0.717) is 0 Å². The molecule has 1 aromatic heterocycles. The second-order valence-corrected chi connectivity index (χ2v) is 7.08. The second-order valence-electron chi connectivity index (χ2n) is 7.08. The highest BCUT2D eigenvalue weighted by molar-refractivity contribution is 5.20. The van der Waals surface area contributed by atoms with Gasteiger partial charge in [-0.25, -0.2) is 0 Å². The lowest BCUT2D eigenvalue weighted by molar-refractivity contribution is 0.222. The number of hydrogen-bond donors (Lipinski definition) is 1. The molecule has 3 heteroatoms. The molecule has 0 atom stereocenters. The quantitative estimate of drug-likeness (QED) is 0.789. The van der Waals surface area contributed by atoms with Crippen molar-refractivity contribution >= 4 is 0 Å². The van der Waals surface area contributed by atoms with E-state index in [1.165, 1.54) is 56.4 Å². The Morgan fingerprint density at radius 1 is 1.20 bits per heavy atom. The van der Waals surface area contributed by atoms with Crippen molar-refractivity contribution in [2.45, 2.75) is 70.6 Å². The molecule has 0 aromatic carbocycles. The Bertz CT molecular complexity index is 469. The summed E-state index contributed by atoms with van der Waals surface area (Å²) in [5, 5.41) is 3.55. The summed E-state index contributed by atoms with van der Waals surface area (Å²) in [6, 6.07) is 3.85. The predicted octanol–water partition coefficient (Wildman–Crippen LogP) is 3.21. The number of hydrogen-bond acceptors (Lipinski definition) is 3. The van der Waals surface area contributed by atoms with Crippen molar-refractivity contribution in [3.8, 4) is 0 Å². The molecule has 3 nitrogen and oxygen atoms in total. The Kier molecular flexibility index (Phi) is 3.35. The third-order valence-electron chi connectivity index (χ3n) is 4.81. The van der Waals surface area contributed by atoms with Crippen LogP contribution in [0.15, 0.2) is 10.5 Å². The fourth-order valence-electron chi connectivity index (χ4n) is 2.98. The van der Waals surface area contributed by atoms with E-state index in [2.05, 4.69) is 23.2 Å². The van der Waals surface area contributed by atoms with Crippen molar-refractivity contribution in [3.63, 3.8) is 0 Å². The molecule has 0 unspecified atom stereocenters. The van der Waals surface area contributed by atoms with E-state index >= 15 is 0 Å². The maximum absolute atomic E-state index is 6.10. The lowest BCUT2D eigenvalue weighted by Gasteiger charge is -2.20. The minimum Gasteiger partial charge on any atom is -0.463 e. The van der Waals surface area contributed by atoms with E-state index in [4.69, 9.17) is 4.42 Å². The molecule has 110 valence electrons. The van der Waals surface area contributed by atoms with Crippen LogP contribution in [-0.4, -0.2) is 23.5 Å². The maximum Gasteiger partial charge on any atom is 0.120 e. The standard InChI is InChI=1S/C17H26N2O/c1-12-8-16(20-17(12)9-18-14-4-5-14)11-19(15-6-7-15)10-13-2-3-13/h8,13-15,18H,2-7,9-11H2,1H3. The molecule has 1 aromatic rings. The molecular formula is C17H26N2O. The van der Waals surface area contributed by atoms with Gasteiger partial charge in [-0.2, -0.15) is 0 Å². The number of furan rings is 1. The average Bonchev–Trinajstić information content (AvgIpc) is 3.26. The first-order valence-corrected chi connectivity index (χ1v) is 8.33. The largest absolute Gasteiger partial charge is 0.463 e. The highest BCUT2D eigenvalue weighted by Crippen LogP contribution is 2.36. The molecule has 3 saturated carbocycles. The summed E-state index contributed by atoms with van der Waals surface area (Å²) in [7, 11) is 0. The first-order chi connectivity index (χ1) is 9.78. The minimum absolute atomic E-state index is 0.751. The van der Waals surface area contributed by atoms with Crippen LogP contribution in [-0.2, 0) is 13.1 Å². The van der Waals surface area contributed by atoms with Crippen LogP contribution in [0.5, 0.6) is 0 Å². The molecule has 3 fully saturated rings. The number of nitrogens with zero attached hydrogens (tertiary/aromatic N) is 1. The van der Waals surface area contributed by atoms with Gasteiger partial charge in [0, 0.05) is 18.6 Å². The van der Waals surface area contributed by atoms with Crippen LogP contribution in [0.1, 0.15) is 55.6 Å². The van der Waals surface area contributed by atoms with Gasteiger partial charge in [0.25, 0.3) is 0 Å². The van der Waals surface area contributed by atoms with Gasteiger partial charge in [0.15, 0.2) is 0 Å². The van der Waals surface area contributed by atoms with Crippen LogP contribution in [0, 0.1) is 12.8 Å². The second kappa shape index (κ2) is 5.19. The van der Waals surface area contributed by atoms with Gasteiger partial charge in [-0.05, 0) is 63.0 Å². The predicted molar refractivity (Wildman–Crippen MR) is 79.5 cm³/mol. The zero-order valence-corrected chi connectivity index (χ0v) is 12.5. The van der Waals surface area contributed by atoms with Gasteiger partial charge in [0.2, 0.25) is 0 Å². The third-order valence-corrected chi connectivity index (χ3v) is 4.81. The van der Waals surface area contributed by atoms with Gasteiger partial charge in [0.1, 0.15) is 11.5 Å². The first kappa shape index (κ1) is 12.9. The van der Waals surface area contributed by atoms with Crippen molar-refractivity contribution in [2.75, 3.05) is 6.54 Å². The molecule has 0 bridgehead atoms. The lowest BCUT2D eigenvalue weighted by atomic mass is 10.2. The number of rotatable bonds is 8. The summed E-state index contributed by atoms with van der Waals surface area (Å²) in [5.41, 5.74) is 1.32. The molecule has 20 heavy (non-hydrogen) atoms. The molecule has 0 aliphatic heterocycles. The molecule has 1 heterocycles. The van der Waals surface area contributed by atoms with Crippen molar-refractivity contribution in [3.05, 3.63) is 23.2 Å². The summed E-state index contributed by atoms with van der Waals surface area (Å²) >= 11 is 0. The van der Waals surface area contributed by atoms with E-state index in [9.17, 15) is 0 Å². The molecule has 0 spiro atoms. The summed E-state index contributed by atoms with van der Waals surface area (Å²) in [4.78, 5) is 2.66. The maximum atomic E-state index is 6.10. The first-order valence-electron chi connectivity index (χ1n) is 8.33. The number of aryl methyl sites for hydroxylation is 1. The zero-order chi connectivity index (χ0) is 13.5. The van der Waals surface area contributed by atoms with Gasteiger partial charge in [-0.3, -0.25) is 4.90 Å². The van der Waals surface area contributed by atoms with Crippen LogP contribution in [0.4, 0.5) is 0 Å². The lowest BCUT2D eigenvalue weighted by Crippen LogP contribution is -2.27. The zero-order valence-electron chi connectivity index (χ0n) is 12.5. The Hall–Kier alpha value is -0.800. The minimum atomic E-state index is 0.751. The van der Waals surface area contributed by atoms with Gasteiger partial charge < -0.3 is 9.73 Å². The summed E-state index contributed by atoms with van der Waals surface area (Å²) < 4.78 is 6.10. The van der Waals surface area contributed by atoms with Crippen LogP contribution in [0.3, 0.4) is 0 Å². The summed E-state index contributed by atoms with van der Waals surface area (Å²) in [6.45, 7) is 5.40. The van der Waals surface area contributed by atoms with Crippen molar-refractivity contribution in [1.29, 1.82) is 0 Å². The van der Waals surface area contributed by atoms with E-state index in [1.807, 2.05) is 0 Å². The fourth-order valence-corrected chi connectivity index (χ4v) is 2.98. The third kappa shape index (κ3) is 3.26. The summed E-state index contributed by atoms with van der Waals surface area (Å²) in [6.07, 6.45) is 8.34. The van der Waals surface area contributed by atoms with E-state index in [0.717, 1.165) is 36.9 Å². The molecule has 3 aliphatic rings. The smallest absolute Gasteiger partial charge is 0.120 e. The van der Waals surface area contributed by atoms with Crippen molar-refractivity contribution in [1.82, 2.24) is 10.2 Å². The Morgan fingerprint density at radius 2 is 2.00 bits per heavy atom. The topological polar surface area (TPSA) is 28.4 Å². The molecule has 0 saturated heterocycles.